The summed E-state index contributed by atoms with van der Waals surface area (Å²) < 4.78 is 0. The van der Waals surface area contributed by atoms with Crippen molar-refractivity contribution in [3.05, 3.63) is 29.3 Å². The van der Waals surface area contributed by atoms with E-state index in [2.05, 4.69) is 0 Å². The molecule has 0 aliphatic heterocycles. The Balaban J connectivity index is 2.64. The zero-order valence-electron chi connectivity index (χ0n) is 15.6. The third kappa shape index (κ3) is 6.07. The van der Waals surface area contributed by atoms with E-state index in [0.29, 0.717) is 38.5 Å². The molecule has 0 saturated heterocycles. The molecule has 0 radical (unpaired) electrons. The van der Waals surface area contributed by atoms with Crippen molar-refractivity contribution in [1.82, 2.24) is 0 Å². The maximum absolute atomic E-state index is 11.1. The molecule has 0 heterocycles. The lowest BCUT2D eigenvalue weighted by molar-refractivity contribution is -0.148. The van der Waals surface area contributed by atoms with Crippen molar-refractivity contribution in [2.45, 2.75) is 66.2 Å². The minimum atomic E-state index is -0.813. The van der Waals surface area contributed by atoms with Crippen LogP contribution < -0.4 is 0 Å². The van der Waals surface area contributed by atoms with Crippen LogP contribution in [-0.2, 0) is 22.4 Å². The van der Waals surface area contributed by atoms with E-state index in [4.69, 9.17) is 10.2 Å². The Morgan fingerprint density at radius 3 is 1.52 bits per heavy atom. The number of para-hydroxylation sites is 1. The van der Waals surface area contributed by atoms with Gasteiger partial charge in [-0.25, -0.2) is 0 Å². The Kier molecular flexibility index (Phi) is 7.03. The van der Waals surface area contributed by atoms with E-state index >= 15 is 0 Å². The Labute approximate surface area is 149 Å². The number of hydrogen-bond donors (Lipinski definition) is 3. The van der Waals surface area contributed by atoms with Gasteiger partial charge in [-0.2, -0.15) is 0 Å². The fourth-order valence-electron chi connectivity index (χ4n) is 2.70. The van der Waals surface area contributed by atoms with E-state index in [1.807, 2.05) is 18.2 Å². The van der Waals surface area contributed by atoms with E-state index in [1.165, 1.54) is 0 Å². The monoisotopic (exact) mass is 350 g/mol. The van der Waals surface area contributed by atoms with Gasteiger partial charge in [-0.05, 0) is 77.3 Å². The molecule has 0 atom stereocenters. The van der Waals surface area contributed by atoms with Crippen LogP contribution in [-0.4, -0.2) is 27.3 Å². The molecular weight excluding hydrogens is 320 g/mol. The third-order valence-electron chi connectivity index (χ3n) is 4.86. The number of phenols is 1. The largest absolute Gasteiger partial charge is 0.507 e. The van der Waals surface area contributed by atoms with Crippen LogP contribution in [0, 0.1) is 10.8 Å². The number of carboxylic acids is 2. The predicted octanol–water partition coefficient (Wildman–Crippen LogP) is 4.26. The van der Waals surface area contributed by atoms with Crippen LogP contribution in [0.5, 0.6) is 5.75 Å². The number of phenolic OH excluding ortho intramolecular Hbond substituents is 1. The first-order chi connectivity index (χ1) is 11.5. The van der Waals surface area contributed by atoms with Crippen LogP contribution in [0.3, 0.4) is 0 Å². The second-order valence-electron chi connectivity index (χ2n) is 8.01. The topological polar surface area (TPSA) is 94.8 Å². The highest BCUT2D eigenvalue weighted by Gasteiger charge is 2.27. The quantitative estimate of drug-likeness (QED) is 0.586. The van der Waals surface area contributed by atoms with Gasteiger partial charge < -0.3 is 15.3 Å². The number of benzene rings is 1. The number of aryl methyl sites for hydroxylation is 2. The molecule has 0 aromatic heterocycles. The molecule has 5 nitrogen and oxygen atoms in total. The van der Waals surface area contributed by atoms with E-state index in [1.54, 1.807) is 27.7 Å². The highest BCUT2D eigenvalue weighted by Crippen LogP contribution is 2.30. The molecule has 0 fully saturated rings. The first-order valence-electron chi connectivity index (χ1n) is 8.74. The molecular formula is C20H30O5. The van der Waals surface area contributed by atoms with Crippen molar-refractivity contribution in [3.8, 4) is 5.75 Å². The number of hydrogen-bond acceptors (Lipinski definition) is 3. The normalized spacial score (nSPS) is 12.2. The molecule has 5 heteroatoms. The zero-order chi connectivity index (χ0) is 19.3. The number of carboxylic acid groups (broad SMARTS) is 2. The van der Waals surface area contributed by atoms with Gasteiger partial charge in [-0.15, -0.1) is 0 Å². The number of carbonyl (C=O) groups is 2. The number of aliphatic carboxylic acids is 2. The van der Waals surface area contributed by atoms with Gasteiger partial charge in [-0.1, -0.05) is 18.2 Å². The summed E-state index contributed by atoms with van der Waals surface area (Å²) in [6.45, 7) is 6.82. The summed E-state index contributed by atoms with van der Waals surface area (Å²) in [6.07, 6.45) is 3.69. The molecule has 0 spiro atoms. The molecule has 1 aromatic rings. The lowest BCUT2D eigenvalue weighted by atomic mass is 9.85. The van der Waals surface area contributed by atoms with E-state index < -0.39 is 22.8 Å². The molecule has 3 N–H and O–H groups in total. The van der Waals surface area contributed by atoms with Gasteiger partial charge in [0.2, 0.25) is 0 Å². The molecule has 1 rings (SSSR count). The van der Waals surface area contributed by atoms with Crippen molar-refractivity contribution in [2.75, 3.05) is 0 Å². The molecule has 1 aromatic carbocycles. The van der Waals surface area contributed by atoms with Gasteiger partial charge in [0.05, 0.1) is 10.8 Å². The van der Waals surface area contributed by atoms with E-state index in [0.717, 1.165) is 11.1 Å². The highest BCUT2D eigenvalue weighted by molar-refractivity contribution is 5.73. The summed E-state index contributed by atoms with van der Waals surface area (Å²) in [4.78, 5) is 22.3. The summed E-state index contributed by atoms with van der Waals surface area (Å²) >= 11 is 0. The second kappa shape index (κ2) is 8.37. The van der Waals surface area contributed by atoms with Gasteiger partial charge in [0.15, 0.2) is 0 Å². The Morgan fingerprint density at radius 2 is 1.20 bits per heavy atom. The molecule has 0 saturated carbocycles. The molecule has 25 heavy (non-hydrogen) atoms. The fourth-order valence-corrected chi connectivity index (χ4v) is 2.70. The van der Waals surface area contributed by atoms with Gasteiger partial charge in [-0.3, -0.25) is 9.59 Å². The first kappa shape index (κ1) is 21.0. The summed E-state index contributed by atoms with van der Waals surface area (Å²) in [6, 6.07) is 5.59. The maximum Gasteiger partial charge on any atom is 0.309 e. The zero-order valence-corrected chi connectivity index (χ0v) is 15.6. The minimum absolute atomic E-state index is 0.253. The fraction of sp³-hybridized carbons (Fsp3) is 0.600. The molecule has 140 valence electrons. The van der Waals surface area contributed by atoms with Crippen LogP contribution in [0.15, 0.2) is 18.2 Å². The average molecular weight is 350 g/mol. The Morgan fingerprint density at radius 1 is 0.840 bits per heavy atom. The van der Waals surface area contributed by atoms with Crippen molar-refractivity contribution in [1.29, 1.82) is 0 Å². The van der Waals surface area contributed by atoms with Crippen LogP contribution in [0.1, 0.15) is 64.5 Å². The smallest absolute Gasteiger partial charge is 0.309 e. The standard InChI is InChI=1S/C20H30O5/c1-19(2,17(22)23)12-6-10-14-8-5-9-15(16(14)21)11-7-13-20(3,4)18(24)25/h5,8-9,21H,6-7,10-13H2,1-4H3,(H,22,23)(H,24,25). The van der Waals surface area contributed by atoms with Gasteiger partial charge in [0.25, 0.3) is 0 Å². The number of rotatable bonds is 10. The van der Waals surface area contributed by atoms with Gasteiger partial charge >= 0.3 is 11.9 Å². The molecule has 0 bridgehead atoms. The average Bonchev–Trinajstić information content (AvgIpc) is 2.50. The highest BCUT2D eigenvalue weighted by atomic mass is 16.4. The predicted molar refractivity (Wildman–Crippen MR) is 96.8 cm³/mol. The van der Waals surface area contributed by atoms with Gasteiger partial charge in [0, 0.05) is 0 Å². The molecule has 0 unspecified atom stereocenters. The minimum Gasteiger partial charge on any atom is -0.507 e. The summed E-state index contributed by atoms with van der Waals surface area (Å²) in [5.41, 5.74) is 0.0954. The molecule has 0 aliphatic carbocycles. The van der Waals surface area contributed by atoms with Crippen molar-refractivity contribution < 1.29 is 24.9 Å². The lowest BCUT2D eigenvalue weighted by Crippen LogP contribution is -2.23. The van der Waals surface area contributed by atoms with E-state index in [-0.39, 0.29) is 5.75 Å². The lowest BCUT2D eigenvalue weighted by Gasteiger charge is -2.19. The van der Waals surface area contributed by atoms with Crippen molar-refractivity contribution in [2.24, 2.45) is 10.8 Å². The van der Waals surface area contributed by atoms with Crippen LogP contribution in [0.25, 0.3) is 0 Å². The van der Waals surface area contributed by atoms with Crippen molar-refractivity contribution in [3.63, 3.8) is 0 Å². The van der Waals surface area contributed by atoms with Crippen LogP contribution in [0.4, 0.5) is 0 Å². The van der Waals surface area contributed by atoms with Crippen LogP contribution >= 0.6 is 0 Å². The SMILES string of the molecule is CC(C)(CCCc1cccc(CCCC(C)(C)C(=O)O)c1O)C(=O)O. The van der Waals surface area contributed by atoms with Gasteiger partial charge in [0.1, 0.15) is 5.75 Å². The van der Waals surface area contributed by atoms with E-state index in [9.17, 15) is 14.7 Å². The Hall–Kier alpha value is -2.04. The summed E-state index contributed by atoms with van der Waals surface area (Å²) in [5.74, 6) is -1.37. The number of aromatic hydroxyl groups is 1. The molecule has 0 amide bonds. The maximum atomic E-state index is 11.1. The van der Waals surface area contributed by atoms with Crippen LogP contribution in [0.2, 0.25) is 0 Å². The first-order valence-corrected chi connectivity index (χ1v) is 8.74. The summed E-state index contributed by atoms with van der Waals surface area (Å²) in [5, 5.41) is 28.7. The van der Waals surface area contributed by atoms with Crippen molar-refractivity contribution >= 4 is 11.9 Å². The Bertz CT molecular complexity index is 566. The summed E-state index contributed by atoms with van der Waals surface area (Å²) in [7, 11) is 0. The molecule has 0 aliphatic rings. The second-order valence-corrected chi connectivity index (χ2v) is 8.01. The third-order valence-corrected chi connectivity index (χ3v) is 4.86.